The lowest BCUT2D eigenvalue weighted by Gasteiger charge is -2.19. The molecular formula is C22H20N2O2S. The van der Waals surface area contributed by atoms with E-state index in [1.165, 1.54) is 4.88 Å². The molecule has 1 aromatic heterocycles. The van der Waals surface area contributed by atoms with E-state index < -0.39 is 0 Å². The maximum Gasteiger partial charge on any atom is 0.165 e. The summed E-state index contributed by atoms with van der Waals surface area (Å²) in [4.78, 5) is 4.70. The Hall–Kier alpha value is -2.81. The van der Waals surface area contributed by atoms with E-state index in [2.05, 4.69) is 36.1 Å². The zero-order valence-corrected chi connectivity index (χ0v) is 15.9. The van der Waals surface area contributed by atoms with Crippen LogP contribution < -0.4 is 4.74 Å². The molecule has 4 nitrogen and oxygen atoms in total. The molecule has 1 aliphatic rings. The molecule has 1 N–H and O–H groups in total. The van der Waals surface area contributed by atoms with E-state index in [-0.39, 0.29) is 5.75 Å². The number of hydrogen-bond acceptors (Lipinski definition) is 5. The first-order valence-corrected chi connectivity index (χ1v) is 9.71. The summed E-state index contributed by atoms with van der Waals surface area (Å²) in [7, 11) is 0. The number of thiophene rings is 1. The molecule has 5 heteroatoms. The largest absolute Gasteiger partial charge is 0.504 e. The summed E-state index contributed by atoms with van der Waals surface area (Å²) >= 11 is 1.72. The van der Waals surface area contributed by atoms with Gasteiger partial charge in [0.1, 0.15) is 6.61 Å². The molecule has 0 unspecified atom stereocenters. The van der Waals surface area contributed by atoms with Crippen LogP contribution in [0.15, 0.2) is 48.5 Å². The van der Waals surface area contributed by atoms with Crippen molar-refractivity contribution in [3.8, 4) is 28.0 Å². The van der Waals surface area contributed by atoms with Gasteiger partial charge in [0, 0.05) is 35.0 Å². The van der Waals surface area contributed by atoms with Crippen molar-refractivity contribution < 1.29 is 9.84 Å². The van der Waals surface area contributed by atoms with Crippen LogP contribution in [0.3, 0.4) is 0 Å². The van der Waals surface area contributed by atoms with Crippen LogP contribution in [0.1, 0.15) is 21.6 Å². The number of hydrogen-bond donors (Lipinski definition) is 1. The Kier molecular flexibility index (Phi) is 4.85. The van der Waals surface area contributed by atoms with Crippen molar-refractivity contribution in [2.75, 3.05) is 13.2 Å². The molecule has 0 amide bonds. The second kappa shape index (κ2) is 7.43. The molecule has 0 fully saturated rings. The van der Waals surface area contributed by atoms with Gasteiger partial charge < -0.3 is 9.84 Å². The van der Waals surface area contributed by atoms with Gasteiger partial charge in [-0.05, 0) is 54.4 Å². The Balaban J connectivity index is 1.60. The van der Waals surface area contributed by atoms with E-state index in [0.29, 0.717) is 24.5 Å². The summed E-state index contributed by atoms with van der Waals surface area (Å²) in [5.74, 6) is 0.795. The first kappa shape index (κ1) is 17.6. The third kappa shape index (κ3) is 3.82. The van der Waals surface area contributed by atoms with Gasteiger partial charge in [-0.15, -0.1) is 11.3 Å². The summed E-state index contributed by atoms with van der Waals surface area (Å²) in [6.45, 7) is 4.88. The number of nitrogens with zero attached hydrogens (tertiary/aromatic N) is 2. The van der Waals surface area contributed by atoms with Gasteiger partial charge in [-0.1, -0.05) is 12.1 Å². The lowest BCUT2D eigenvalue weighted by atomic mass is 10.1. The highest BCUT2D eigenvalue weighted by atomic mass is 32.1. The quantitative estimate of drug-likeness (QED) is 0.720. The highest BCUT2D eigenvalue weighted by molar-refractivity contribution is 7.15. The van der Waals surface area contributed by atoms with Crippen molar-refractivity contribution in [2.45, 2.75) is 20.0 Å². The fraction of sp³-hybridized carbons (Fsp3) is 0.227. The van der Waals surface area contributed by atoms with Crippen molar-refractivity contribution in [1.82, 2.24) is 4.90 Å². The smallest absolute Gasteiger partial charge is 0.165 e. The Morgan fingerprint density at radius 1 is 1.19 bits per heavy atom. The topological polar surface area (TPSA) is 56.5 Å². The second-order valence-corrected chi connectivity index (χ2v) is 8.05. The molecular weight excluding hydrogens is 356 g/mol. The highest BCUT2D eigenvalue weighted by Gasteiger charge is 2.20. The van der Waals surface area contributed by atoms with Crippen molar-refractivity contribution in [3.63, 3.8) is 0 Å². The van der Waals surface area contributed by atoms with E-state index in [0.717, 1.165) is 34.7 Å². The molecule has 0 atom stereocenters. The van der Waals surface area contributed by atoms with Gasteiger partial charge in [0.25, 0.3) is 0 Å². The van der Waals surface area contributed by atoms with Gasteiger partial charge in [-0.2, -0.15) is 5.26 Å². The molecule has 2 aromatic carbocycles. The van der Waals surface area contributed by atoms with E-state index in [9.17, 15) is 5.11 Å². The third-order valence-electron chi connectivity index (χ3n) is 4.71. The number of benzene rings is 2. The number of aromatic hydroxyl groups is 1. The van der Waals surface area contributed by atoms with Crippen molar-refractivity contribution in [3.05, 3.63) is 70.1 Å². The summed E-state index contributed by atoms with van der Waals surface area (Å²) in [5, 5.41) is 19.4. The van der Waals surface area contributed by atoms with E-state index in [1.807, 2.05) is 24.3 Å². The fourth-order valence-corrected chi connectivity index (χ4v) is 4.22. The van der Waals surface area contributed by atoms with Crippen LogP contribution >= 0.6 is 11.3 Å². The zero-order valence-electron chi connectivity index (χ0n) is 15.1. The molecule has 4 rings (SSSR count). The number of ether oxygens (including phenoxy) is 1. The third-order valence-corrected chi connectivity index (χ3v) is 5.76. The lowest BCUT2D eigenvalue weighted by molar-refractivity contribution is 0.217. The van der Waals surface area contributed by atoms with Crippen LogP contribution in [0.2, 0.25) is 0 Å². The molecule has 0 aliphatic carbocycles. The monoisotopic (exact) mass is 376 g/mol. The predicted molar refractivity (Wildman–Crippen MR) is 107 cm³/mol. The summed E-state index contributed by atoms with van der Waals surface area (Å²) < 4.78 is 5.85. The normalized spacial score (nSPS) is 14.1. The minimum absolute atomic E-state index is 0.203. The number of rotatable bonds is 3. The van der Waals surface area contributed by atoms with E-state index in [1.54, 1.807) is 17.4 Å². The SMILES string of the molecule is Cc1ccc(-c2cc(O)c3c(c2)CN(Cc2ccc(C#N)cc2)CCO3)s1. The predicted octanol–water partition coefficient (Wildman–Crippen LogP) is 4.70. The molecule has 0 saturated heterocycles. The van der Waals surface area contributed by atoms with Gasteiger partial charge in [0.2, 0.25) is 0 Å². The number of phenolic OH excluding ortho intramolecular Hbond substituents is 1. The van der Waals surface area contributed by atoms with Crippen LogP contribution in [-0.2, 0) is 13.1 Å². The van der Waals surface area contributed by atoms with Gasteiger partial charge >= 0.3 is 0 Å². The molecule has 136 valence electrons. The molecule has 3 aromatic rings. The average Bonchev–Trinajstić information content (AvgIpc) is 2.99. The van der Waals surface area contributed by atoms with Crippen LogP contribution in [0.5, 0.6) is 11.5 Å². The Bertz CT molecular complexity index is 1000. The van der Waals surface area contributed by atoms with Gasteiger partial charge in [0.15, 0.2) is 11.5 Å². The standard InChI is InChI=1S/C22H20N2O2S/c1-15-2-7-21(27-15)18-10-19-14-24(8-9-26-22(19)20(25)11-18)13-17-5-3-16(12-23)4-6-17/h2-7,10-11,25H,8-9,13-14H2,1H3. The maximum absolute atomic E-state index is 10.5. The second-order valence-electron chi connectivity index (χ2n) is 6.76. The zero-order chi connectivity index (χ0) is 18.8. The molecule has 1 aliphatic heterocycles. The first-order chi connectivity index (χ1) is 13.1. The van der Waals surface area contributed by atoms with E-state index in [4.69, 9.17) is 10.00 Å². The molecule has 0 bridgehead atoms. The summed E-state index contributed by atoms with van der Waals surface area (Å²) in [5.41, 5.74) is 3.85. The molecule has 2 heterocycles. The Labute approximate surface area is 162 Å². The van der Waals surface area contributed by atoms with Crippen molar-refractivity contribution >= 4 is 11.3 Å². The Morgan fingerprint density at radius 3 is 2.70 bits per heavy atom. The fourth-order valence-electron chi connectivity index (χ4n) is 3.36. The maximum atomic E-state index is 10.5. The van der Waals surface area contributed by atoms with Crippen LogP contribution in [0.25, 0.3) is 10.4 Å². The van der Waals surface area contributed by atoms with Crippen LogP contribution in [0, 0.1) is 18.3 Å². The summed E-state index contributed by atoms with van der Waals surface area (Å²) in [6.07, 6.45) is 0. The van der Waals surface area contributed by atoms with E-state index >= 15 is 0 Å². The van der Waals surface area contributed by atoms with Crippen LogP contribution in [0.4, 0.5) is 0 Å². The van der Waals surface area contributed by atoms with Gasteiger partial charge in [-0.3, -0.25) is 4.90 Å². The molecule has 0 radical (unpaired) electrons. The highest BCUT2D eigenvalue weighted by Crippen LogP contribution is 2.39. The minimum atomic E-state index is 0.203. The number of phenols is 1. The Morgan fingerprint density at radius 2 is 2.00 bits per heavy atom. The average molecular weight is 376 g/mol. The van der Waals surface area contributed by atoms with Crippen molar-refractivity contribution in [1.29, 1.82) is 5.26 Å². The molecule has 0 saturated carbocycles. The minimum Gasteiger partial charge on any atom is -0.504 e. The van der Waals surface area contributed by atoms with Gasteiger partial charge in [-0.25, -0.2) is 0 Å². The number of nitriles is 1. The van der Waals surface area contributed by atoms with Gasteiger partial charge in [0.05, 0.1) is 11.6 Å². The van der Waals surface area contributed by atoms with Crippen molar-refractivity contribution in [2.24, 2.45) is 0 Å². The number of fused-ring (bicyclic) bond motifs is 1. The number of aryl methyl sites for hydroxylation is 1. The first-order valence-electron chi connectivity index (χ1n) is 8.89. The summed E-state index contributed by atoms with van der Waals surface area (Å²) in [6, 6.07) is 17.9. The molecule has 0 spiro atoms. The lowest BCUT2D eigenvalue weighted by Crippen LogP contribution is -2.25. The van der Waals surface area contributed by atoms with Crippen LogP contribution in [-0.4, -0.2) is 23.2 Å². The molecule has 27 heavy (non-hydrogen) atoms.